The van der Waals surface area contributed by atoms with Crippen LogP contribution in [0.1, 0.15) is 46.5 Å². The molecule has 0 saturated carbocycles. The Labute approximate surface area is 189 Å². The van der Waals surface area contributed by atoms with Crippen LogP contribution in [0.4, 0.5) is 0 Å². The van der Waals surface area contributed by atoms with Crippen LogP contribution < -0.4 is 21.7 Å². The van der Waals surface area contributed by atoms with E-state index in [9.17, 15) is 39.0 Å². The highest BCUT2D eigenvalue weighted by atomic mass is 16.4. The maximum atomic E-state index is 12.7. The Morgan fingerprint density at radius 3 is 1.64 bits per heavy atom. The quantitative estimate of drug-likeness (QED) is 0.124. The molecule has 0 aromatic rings. The van der Waals surface area contributed by atoms with Gasteiger partial charge in [-0.3, -0.25) is 24.0 Å². The summed E-state index contributed by atoms with van der Waals surface area (Å²) in [4.78, 5) is 70.3. The van der Waals surface area contributed by atoms with Gasteiger partial charge in [0.2, 0.25) is 17.7 Å². The van der Waals surface area contributed by atoms with Gasteiger partial charge in [-0.15, -0.1) is 0 Å². The van der Waals surface area contributed by atoms with Crippen molar-refractivity contribution < 1.29 is 49.2 Å². The van der Waals surface area contributed by atoms with E-state index in [1.807, 2.05) is 0 Å². The summed E-state index contributed by atoms with van der Waals surface area (Å²) in [5.74, 6) is -7.23. The first-order valence-corrected chi connectivity index (χ1v) is 10.2. The third-order valence-electron chi connectivity index (χ3n) is 4.58. The van der Waals surface area contributed by atoms with Gasteiger partial charge < -0.3 is 42.1 Å². The Balaban J connectivity index is 5.46. The zero-order valence-electron chi connectivity index (χ0n) is 18.6. The average Bonchev–Trinajstić information content (AvgIpc) is 2.69. The highest BCUT2D eigenvalue weighted by Crippen LogP contribution is 2.06. The van der Waals surface area contributed by atoms with E-state index in [0.29, 0.717) is 0 Å². The van der Waals surface area contributed by atoms with Crippen LogP contribution in [-0.2, 0) is 28.8 Å². The van der Waals surface area contributed by atoms with Crippen molar-refractivity contribution in [2.24, 2.45) is 11.7 Å². The molecule has 0 aliphatic heterocycles. The zero-order valence-corrected chi connectivity index (χ0v) is 18.6. The number of hydrogen-bond donors (Lipinski definition) is 8. The van der Waals surface area contributed by atoms with Crippen molar-refractivity contribution in [3.8, 4) is 0 Å². The molecule has 0 heterocycles. The predicted molar refractivity (Wildman–Crippen MR) is 112 cm³/mol. The topological polar surface area (TPSA) is 245 Å². The fourth-order valence-corrected chi connectivity index (χ4v) is 2.64. The van der Waals surface area contributed by atoms with Crippen molar-refractivity contribution in [1.82, 2.24) is 16.0 Å². The summed E-state index contributed by atoms with van der Waals surface area (Å²) in [5.41, 5.74) is 5.58. The maximum Gasteiger partial charge on any atom is 0.326 e. The number of nitrogens with two attached hydrogens (primary N) is 1. The number of nitrogens with one attached hydrogen (secondary N) is 3. The molecule has 0 spiro atoms. The van der Waals surface area contributed by atoms with Crippen molar-refractivity contribution in [2.75, 3.05) is 0 Å². The summed E-state index contributed by atoms with van der Waals surface area (Å²) in [5, 5.41) is 43.3. The molecule has 0 fully saturated rings. The molecule has 0 aromatic heterocycles. The number of carbonyl (C=O) groups is 6. The van der Waals surface area contributed by atoms with Crippen molar-refractivity contribution >= 4 is 35.6 Å². The first-order valence-electron chi connectivity index (χ1n) is 10.2. The summed E-state index contributed by atoms with van der Waals surface area (Å²) in [6.07, 6.45) is -3.03. The van der Waals surface area contributed by atoms with E-state index < -0.39 is 91.1 Å². The van der Waals surface area contributed by atoms with Crippen LogP contribution in [0.2, 0.25) is 0 Å². The average molecular weight is 476 g/mol. The van der Waals surface area contributed by atoms with Gasteiger partial charge in [0.25, 0.3) is 0 Å². The predicted octanol–water partition coefficient (Wildman–Crippen LogP) is -2.38. The second-order valence-electron chi connectivity index (χ2n) is 7.83. The van der Waals surface area contributed by atoms with Gasteiger partial charge in [-0.1, -0.05) is 13.8 Å². The largest absolute Gasteiger partial charge is 0.481 e. The summed E-state index contributed by atoms with van der Waals surface area (Å²) < 4.78 is 0. The lowest BCUT2D eigenvalue weighted by molar-refractivity contribution is -0.144. The molecule has 33 heavy (non-hydrogen) atoms. The Morgan fingerprint density at radius 1 is 0.727 bits per heavy atom. The van der Waals surface area contributed by atoms with Gasteiger partial charge in [-0.2, -0.15) is 0 Å². The summed E-state index contributed by atoms with van der Waals surface area (Å²) in [6.45, 7) is 4.24. The lowest BCUT2D eigenvalue weighted by Crippen LogP contribution is -2.60. The number of aliphatic carboxylic acids is 3. The molecule has 0 aliphatic rings. The second-order valence-corrected chi connectivity index (χ2v) is 7.83. The molecule has 9 N–H and O–H groups in total. The van der Waals surface area contributed by atoms with Crippen LogP contribution in [0.25, 0.3) is 0 Å². The van der Waals surface area contributed by atoms with Crippen molar-refractivity contribution in [3.63, 3.8) is 0 Å². The Hall–Kier alpha value is -3.26. The number of amides is 3. The van der Waals surface area contributed by atoms with Crippen LogP contribution in [0.5, 0.6) is 0 Å². The van der Waals surface area contributed by atoms with E-state index in [0.717, 1.165) is 0 Å². The molecular formula is C19H32N4O10. The zero-order chi connectivity index (χ0) is 25.9. The Morgan fingerprint density at radius 2 is 1.21 bits per heavy atom. The summed E-state index contributed by atoms with van der Waals surface area (Å²) in [7, 11) is 0. The number of carboxylic acid groups (broad SMARTS) is 3. The SMILES string of the molecule is CC(C)C(NC(=O)C(CCC(=O)O)NC(=O)C(NC(=O)C(N)CCC(=O)O)C(C)O)C(=O)O. The molecule has 0 saturated heterocycles. The van der Waals surface area contributed by atoms with E-state index >= 15 is 0 Å². The van der Waals surface area contributed by atoms with E-state index in [2.05, 4.69) is 16.0 Å². The lowest BCUT2D eigenvalue weighted by Gasteiger charge is -2.26. The van der Waals surface area contributed by atoms with Crippen LogP contribution in [0.3, 0.4) is 0 Å². The summed E-state index contributed by atoms with van der Waals surface area (Å²) >= 11 is 0. The van der Waals surface area contributed by atoms with E-state index in [1.54, 1.807) is 0 Å². The molecule has 14 nitrogen and oxygen atoms in total. The number of rotatable bonds is 15. The molecule has 0 aliphatic carbocycles. The van der Waals surface area contributed by atoms with E-state index in [1.165, 1.54) is 20.8 Å². The minimum atomic E-state index is -1.60. The van der Waals surface area contributed by atoms with E-state index in [4.69, 9.17) is 15.9 Å². The fourth-order valence-electron chi connectivity index (χ4n) is 2.64. The van der Waals surface area contributed by atoms with Crippen molar-refractivity contribution in [2.45, 2.75) is 76.7 Å². The molecule has 0 aromatic carbocycles. The molecule has 0 bridgehead atoms. The lowest BCUT2D eigenvalue weighted by atomic mass is 10.0. The molecule has 3 amide bonds. The van der Waals surface area contributed by atoms with Gasteiger partial charge >= 0.3 is 17.9 Å². The van der Waals surface area contributed by atoms with Crippen molar-refractivity contribution in [1.29, 1.82) is 0 Å². The first kappa shape index (κ1) is 29.7. The van der Waals surface area contributed by atoms with Gasteiger partial charge in [0.05, 0.1) is 12.1 Å². The van der Waals surface area contributed by atoms with Gasteiger partial charge in [-0.25, -0.2) is 4.79 Å². The molecule has 5 atom stereocenters. The highest BCUT2D eigenvalue weighted by Gasteiger charge is 2.33. The van der Waals surface area contributed by atoms with Crippen molar-refractivity contribution in [3.05, 3.63) is 0 Å². The number of hydrogen-bond acceptors (Lipinski definition) is 8. The third-order valence-corrected chi connectivity index (χ3v) is 4.58. The molecule has 188 valence electrons. The standard InChI is InChI=1S/C19H32N4O10/c1-8(2)14(19(32)33)22-17(30)11(5-7-13(27)28)21-18(31)15(9(3)24)23-16(29)10(20)4-6-12(25)26/h8-11,14-15,24H,4-7,20H2,1-3H3,(H,21,31)(H,22,30)(H,23,29)(H,25,26)(H,27,28)(H,32,33). The summed E-state index contributed by atoms with van der Waals surface area (Å²) in [6, 6.07) is -5.67. The normalized spacial score (nSPS) is 15.5. The molecule has 14 heteroatoms. The van der Waals surface area contributed by atoms with Gasteiger partial charge in [0.1, 0.15) is 18.1 Å². The van der Waals surface area contributed by atoms with Gasteiger partial charge in [0.15, 0.2) is 0 Å². The first-order chi connectivity index (χ1) is 15.2. The van der Waals surface area contributed by atoms with Crippen LogP contribution in [0, 0.1) is 5.92 Å². The Bertz CT molecular complexity index is 740. The molecule has 0 rings (SSSR count). The van der Waals surface area contributed by atoms with Gasteiger partial charge in [0, 0.05) is 12.8 Å². The number of carbonyl (C=O) groups excluding carboxylic acids is 3. The smallest absolute Gasteiger partial charge is 0.326 e. The molecule has 5 unspecified atom stereocenters. The van der Waals surface area contributed by atoms with Crippen LogP contribution in [-0.4, -0.2) is 86.3 Å². The number of aliphatic hydroxyl groups is 1. The minimum absolute atomic E-state index is 0.231. The fraction of sp³-hybridized carbons (Fsp3) is 0.684. The molecule has 0 radical (unpaired) electrons. The van der Waals surface area contributed by atoms with Gasteiger partial charge in [-0.05, 0) is 25.7 Å². The van der Waals surface area contributed by atoms with Crippen LogP contribution in [0.15, 0.2) is 0 Å². The van der Waals surface area contributed by atoms with Crippen LogP contribution >= 0.6 is 0 Å². The molecular weight excluding hydrogens is 444 g/mol. The minimum Gasteiger partial charge on any atom is -0.481 e. The number of carboxylic acids is 3. The second kappa shape index (κ2) is 14.0. The monoisotopic (exact) mass is 476 g/mol. The van der Waals surface area contributed by atoms with E-state index in [-0.39, 0.29) is 6.42 Å². The highest BCUT2D eigenvalue weighted by molar-refractivity contribution is 5.94. The third kappa shape index (κ3) is 11.2. The Kier molecular flexibility index (Phi) is 12.6. The number of aliphatic hydroxyl groups excluding tert-OH is 1. The maximum absolute atomic E-state index is 12.7.